The molecule has 0 spiro atoms. The van der Waals surface area contributed by atoms with Crippen molar-refractivity contribution in [2.24, 2.45) is 0 Å². The molecule has 2 aliphatic rings. The highest BCUT2D eigenvalue weighted by Crippen LogP contribution is 2.28. The highest BCUT2D eigenvalue weighted by atomic mass is 32.2. The third-order valence-corrected chi connectivity index (χ3v) is 7.68. The number of benzene rings is 1. The van der Waals surface area contributed by atoms with E-state index in [1.165, 1.54) is 0 Å². The highest BCUT2D eigenvalue weighted by molar-refractivity contribution is 7.88. The van der Waals surface area contributed by atoms with Crippen molar-refractivity contribution >= 4 is 10.0 Å². The van der Waals surface area contributed by atoms with Gasteiger partial charge in [-0.25, -0.2) is 17.7 Å². The van der Waals surface area contributed by atoms with Crippen LogP contribution in [0.2, 0.25) is 0 Å². The molecule has 2 aromatic rings. The van der Waals surface area contributed by atoms with Crippen molar-refractivity contribution in [1.29, 1.82) is 0 Å². The van der Waals surface area contributed by atoms with Crippen LogP contribution in [0.1, 0.15) is 55.3 Å². The van der Waals surface area contributed by atoms with E-state index >= 15 is 0 Å². The normalized spacial score (nSPS) is 18.5. The molecule has 168 valence electrons. The maximum atomic E-state index is 12.8. The second-order valence-corrected chi connectivity index (χ2v) is 10.5. The molecule has 0 unspecified atom stereocenters. The summed E-state index contributed by atoms with van der Waals surface area (Å²) >= 11 is 0. The SMILES string of the molecule is CC(C)c1nc2c(c(OC3CCN(S(=O)(=O)Cc4ccccc4)CC3)n1)CCOCC2. The van der Waals surface area contributed by atoms with Gasteiger partial charge < -0.3 is 9.47 Å². The molecule has 3 heterocycles. The molecule has 4 rings (SSSR count). The minimum atomic E-state index is -3.33. The predicted molar refractivity (Wildman–Crippen MR) is 119 cm³/mol. The minimum Gasteiger partial charge on any atom is -0.474 e. The molecule has 1 fully saturated rings. The molecule has 0 radical (unpaired) electrons. The number of fused-ring (bicyclic) bond motifs is 1. The molecule has 0 atom stereocenters. The van der Waals surface area contributed by atoms with Gasteiger partial charge in [0.05, 0.1) is 24.7 Å². The fraction of sp³-hybridized carbons (Fsp3) is 0.565. The Morgan fingerprint density at radius 2 is 1.81 bits per heavy atom. The Morgan fingerprint density at radius 3 is 2.52 bits per heavy atom. The first-order valence-electron chi connectivity index (χ1n) is 11.1. The highest BCUT2D eigenvalue weighted by Gasteiger charge is 2.30. The van der Waals surface area contributed by atoms with Gasteiger partial charge in [-0.3, -0.25) is 0 Å². The second kappa shape index (κ2) is 9.63. The Balaban J connectivity index is 1.43. The van der Waals surface area contributed by atoms with Crippen molar-refractivity contribution in [2.45, 2.75) is 57.3 Å². The van der Waals surface area contributed by atoms with E-state index in [1.54, 1.807) is 4.31 Å². The third kappa shape index (κ3) is 5.42. The van der Waals surface area contributed by atoms with E-state index in [4.69, 9.17) is 19.4 Å². The third-order valence-electron chi connectivity index (χ3n) is 5.83. The summed E-state index contributed by atoms with van der Waals surface area (Å²) < 4.78 is 39.2. The summed E-state index contributed by atoms with van der Waals surface area (Å²) in [6.07, 6.45) is 2.77. The Kier molecular flexibility index (Phi) is 6.89. The van der Waals surface area contributed by atoms with Gasteiger partial charge in [-0.05, 0) is 18.4 Å². The van der Waals surface area contributed by atoms with Gasteiger partial charge in [-0.2, -0.15) is 4.98 Å². The lowest BCUT2D eigenvalue weighted by atomic mass is 10.1. The zero-order chi connectivity index (χ0) is 21.8. The first-order chi connectivity index (χ1) is 14.9. The Labute approximate surface area is 184 Å². The minimum absolute atomic E-state index is 0.0382. The van der Waals surface area contributed by atoms with E-state index in [2.05, 4.69) is 13.8 Å². The van der Waals surface area contributed by atoms with Crippen molar-refractivity contribution in [1.82, 2.24) is 14.3 Å². The van der Waals surface area contributed by atoms with Crippen LogP contribution in [0.4, 0.5) is 0 Å². The van der Waals surface area contributed by atoms with Gasteiger partial charge in [-0.1, -0.05) is 44.2 Å². The van der Waals surface area contributed by atoms with E-state index in [1.807, 2.05) is 30.3 Å². The van der Waals surface area contributed by atoms with Crippen molar-refractivity contribution < 1.29 is 17.9 Å². The molecule has 1 aromatic carbocycles. The lowest BCUT2D eigenvalue weighted by molar-refractivity contribution is 0.126. The van der Waals surface area contributed by atoms with Crippen LogP contribution in [0.3, 0.4) is 0 Å². The molecule has 0 N–H and O–H groups in total. The van der Waals surface area contributed by atoms with E-state index in [9.17, 15) is 8.42 Å². The fourth-order valence-corrected chi connectivity index (χ4v) is 5.61. The number of hydrogen-bond donors (Lipinski definition) is 0. The first-order valence-corrected chi connectivity index (χ1v) is 12.7. The average molecular weight is 446 g/mol. The zero-order valence-electron chi connectivity index (χ0n) is 18.3. The zero-order valence-corrected chi connectivity index (χ0v) is 19.1. The molecular weight excluding hydrogens is 414 g/mol. The van der Waals surface area contributed by atoms with Gasteiger partial charge in [0, 0.05) is 37.4 Å². The number of rotatable bonds is 6. The quantitative estimate of drug-likeness (QED) is 0.680. The number of piperidine rings is 1. The van der Waals surface area contributed by atoms with E-state index in [0.717, 1.165) is 35.5 Å². The van der Waals surface area contributed by atoms with Crippen LogP contribution in [0.5, 0.6) is 5.88 Å². The van der Waals surface area contributed by atoms with Crippen LogP contribution >= 0.6 is 0 Å². The van der Waals surface area contributed by atoms with Crippen LogP contribution in [0.15, 0.2) is 30.3 Å². The predicted octanol–water partition coefficient (Wildman–Crippen LogP) is 3.09. The molecule has 1 saturated heterocycles. The lowest BCUT2D eigenvalue weighted by Crippen LogP contribution is -2.42. The van der Waals surface area contributed by atoms with Crippen LogP contribution < -0.4 is 4.74 Å². The van der Waals surface area contributed by atoms with Crippen molar-refractivity contribution in [3.8, 4) is 5.88 Å². The second-order valence-electron chi connectivity index (χ2n) is 8.54. The molecule has 0 amide bonds. The molecular formula is C23H31N3O4S. The largest absolute Gasteiger partial charge is 0.474 e. The smallest absolute Gasteiger partial charge is 0.220 e. The number of hydrogen-bond acceptors (Lipinski definition) is 6. The number of nitrogens with zero attached hydrogens (tertiary/aromatic N) is 3. The van der Waals surface area contributed by atoms with Gasteiger partial charge in [0.25, 0.3) is 0 Å². The molecule has 0 bridgehead atoms. The Morgan fingerprint density at radius 1 is 1.10 bits per heavy atom. The van der Waals surface area contributed by atoms with Crippen LogP contribution in [-0.2, 0) is 33.4 Å². The molecule has 0 saturated carbocycles. The van der Waals surface area contributed by atoms with Crippen molar-refractivity contribution in [3.05, 3.63) is 53.0 Å². The summed E-state index contributed by atoms with van der Waals surface area (Å²) in [7, 11) is -3.33. The number of aromatic nitrogens is 2. The van der Waals surface area contributed by atoms with E-state index in [-0.39, 0.29) is 17.8 Å². The summed E-state index contributed by atoms with van der Waals surface area (Å²) in [5.41, 5.74) is 2.88. The van der Waals surface area contributed by atoms with Gasteiger partial charge in [0.2, 0.25) is 15.9 Å². The maximum absolute atomic E-state index is 12.8. The lowest BCUT2D eigenvalue weighted by Gasteiger charge is -2.31. The summed E-state index contributed by atoms with van der Waals surface area (Å²) in [6, 6.07) is 9.33. The van der Waals surface area contributed by atoms with Crippen LogP contribution in [-0.4, -0.2) is 55.1 Å². The molecule has 8 heteroatoms. The monoisotopic (exact) mass is 445 g/mol. The maximum Gasteiger partial charge on any atom is 0.220 e. The summed E-state index contributed by atoms with van der Waals surface area (Å²) in [5.74, 6) is 1.70. The van der Waals surface area contributed by atoms with Crippen LogP contribution in [0, 0.1) is 0 Å². The summed E-state index contributed by atoms with van der Waals surface area (Å²) in [6.45, 7) is 6.40. The van der Waals surface area contributed by atoms with E-state index < -0.39 is 10.0 Å². The topological polar surface area (TPSA) is 81.6 Å². The van der Waals surface area contributed by atoms with Crippen molar-refractivity contribution in [2.75, 3.05) is 26.3 Å². The van der Waals surface area contributed by atoms with Gasteiger partial charge >= 0.3 is 0 Å². The summed E-state index contributed by atoms with van der Waals surface area (Å²) in [5, 5.41) is 0. The standard InChI is InChI=1S/C23H31N3O4S/c1-17(2)22-24-21-11-15-29-14-10-20(21)23(25-22)30-19-8-12-26(13-9-19)31(27,28)16-18-6-4-3-5-7-18/h3-7,17,19H,8-16H2,1-2H3. The Bertz CT molecular complexity index is 987. The summed E-state index contributed by atoms with van der Waals surface area (Å²) in [4.78, 5) is 9.48. The number of sulfonamides is 1. The first kappa shape index (κ1) is 22.2. The molecule has 2 aliphatic heterocycles. The van der Waals surface area contributed by atoms with Gasteiger partial charge in [0.1, 0.15) is 11.9 Å². The fourth-order valence-electron chi connectivity index (χ4n) is 4.05. The molecule has 0 aliphatic carbocycles. The average Bonchev–Trinajstić information content (AvgIpc) is 3.00. The Hall–Kier alpha value is -2.03. The molecule has 7 nitrogen and oxygen atoms in total. The molecule has 1 aromatic heterocycles. The van der Waals surface area contributed by atoms with Gasteiger partial charge in [-0.15, -0.1) is 0 Å². The van der Waals surface area contributed by atoms with E-state index in [0.29, 0.717) is 45.0 Å². The van der Waals surface area contributed by atoms with Crippen molar-refractivity contribution in [3.63, 3.8) is 0 Å². The van der Waals surface area contributed by atoms with Crippen LogP contribution in [0.25, 0.3) is 0 Å². The van der Waals surface area contributed by atoms with Gasteiger partial charge in [0.15, 0.2) is 0 Å². The number of ether oxygens (including phenoxy) is 2. The molecule has 31 heavy (non-hydrogen) atoms.